The van der Waals surface area contributed by atoms with E-state index in [0.717, 1.165) is 29.0 Å². The molecule has 1 heterocycles. The summed E-state index contributed by atoms with van der Waals surface area (Å²) in [5.41, 5.74) is 4.10. The van der Waals surface area contributed by atoms with Crippen molar-refractivity contribution in [2.45, 2.75) is 39.5 Å². The van der Waals surface area contributed by atoms with Crippen LogP contribution >= 0.6 is 0 Å². The largest absolute Gasteiger partial charge is 0.494 e. The van der Waals surface area contributed by atoms with Crippen LogP contribution in [0.25, 0.3) is 0 Å². The third kappa shape index (κ3) is 3.69. The monoisotopic (exact) mass is 322 g/mol. The average molecular weight is 322 g/mol. The summed E-state index contributed by atoms with van der Waals surface area (Å²) in [6.45, 7) is 6.12. The van der Waals surface area contributed by atoms with Crippen molar-refractivity contribution in [1.82, 2.24) is 5.32 Å². The van der Waals surface area contributed by atoms with E-state index in [2.05, 4.69) is 30.4 Å². The molecule has 2 aromatic carbocycles. The molecule has 1 aliphatic rings. The lowest BCUT2D eigenvalue weighted by Crippen LogP contribution is -2.14. The number of hydrogen-bond acceptors (Lipinski definition) is 4. The fraction of sp³-hybridized carbons (Fsp3) is 0.350. The lowest BCUT2D eigenvalue weighted by molar-refractivity contribution is 0.254. The van der Waals surface area contributed by atoms with Crippen LogP contribution in [-0.2, 0) is 19.5 Å². The van der Waals surface area contributed by atoms with Gasteiger partial charge < -0.3 is 14.8 Å². The van der Waals surface area contributed by atoms with Gasteiger partial charge in [0.25, 0.3) is 0 Å². The Morgan fingerprint density at radius 2 is 2.17 bits per heavy atom. The number of hydrogen-bond donors (Lipinski definition) is 1. The highest BCUT2D eigenvalue weighted by atomic mass is 16.5. The summed E-state index contributed by atoms with van der Waals surface area (Å²) in [4.78, 5) is 0. The van der Waals surface area contributed by atoms with Crippen LogP contribution in [0, 0.1) is 11.3 Å². The summed E-state index contributed by atoms with van der Waals surface area (Å²) < 4.78 is 11.7. The van der Waals surface area contributed by atoms with Crippen molar-refractivity contribution in [2.24, 2.45) is 0 Å². The van der Waals surface area contributed by atoms with Crippen molar-refractivity contribution in [2.75, 3.05) is 6.61 Å². The Morgan fingerprint density at radius 3 is 2.96 bits per heavy atom. The van der Waals surface area contributed by atoms with Crippen LogP contribution in [0.1, 0.15) is 36.1 Å². The van der Waals surface area contributed by atoms with Gasteiger partial charge in [-0.25, -0.2) is 0 Å². The van der Waals surface area contributed by atoms with Crippen LogP contribution in [0.15, 0.2) is 36.4 Å². The van der Waals surface area contributed by atoms with Crippen molar-refractivity contribution in [3.8, 4) is 17.6 Å². The Bertz CT molecular complexity index is 765. The van der Waals surface area contributed by atoms with Gasteiger partial charge in [0.15, 0.2) is 0 Å². The molecule has 4 nitrogen and oxygen atoms in total. The van der Waals surface area contributed by atoms with E-state index >= 15 is 0 Å². The smallest absolute Gasteiger partial charge is 0.124 e. The second kappa shape index (κ2) is 7.37. The van der Waals surface area contributed by atoms with Crippen LogP contribution in [0.4, 0.5) is 0 Å². The number of nitriles is 1. The molecule has 1 aliphatic heterocycles. The SMILES string of the molecule is CCOc1cc2c(cc1CNCc1cccc(C#N)c1)OC(C)C2. The van der Waals surface area contributed by atoms with Gasteiger partial charge in [0.1, 0.15) is 17.6 Å². The van der Waals surface area contributed by atoms with Crippen molar-refractivity contribution in [3.63, 3.8) is 0 Å². The number of rotatable bonds is 6. The second-order valence-electron chi connectivity index (χ2n) is 6.05. The quantitative estimate of drug-likeness (QED) is 0.883. The molecule has 0 fully saturated rings. The molecule has 124 valence electrons. The molecule has 0 bridgehead atoms. The van der Waals surface area contributed by atoms with Gasteiger partial charge in [0.2, 0.25) is 0 Å². The van der Waals surface area contributed by atoms with Gasteiger partial charge in [0.05, 0.1) is 18.2 Å². The molecule has 2 aromatic rings. The molecule has 24 heavy (non-hydrogen) atoms. The molecule has 3 rings (SSSR count). The van der Waals surface area contributed by atoms with Crippen LogP contribution in [0.5, 0.6) is 11.5 Å². The van der Waals surface area contributed by atoms with Crippen LogP contribution in [0.2, 0.25) is 0 Å². The van der Waals surface area contributed by atoms with Crippen molar-refractivity contribution in [1.29, 1.82) is 5.26 Å². The highest BCUT2D eigenvalue weighted by Crippen LogP contribution is 2.35. The predicted octanol–water partition coefficient (Wildman–Crippen LogP) is 3.57. The van der Waals surface area contributed by atoms with Gasteiger partial charge in [0, 0.05) is 30.6 Å². The molecular formula is C20H22N2O2. The van der Waals surface area contributed by atoms with Gasteiger partial charge in [-0.2, -0.15) is 5.26 Å². The number of nitrogens with one attached hydrogen (secondary N) is 1. The van der Waals surface area contributed by atoms with Gasteiger partial charge >= 0.3 is 0 Å². The molecule has 0 spiro atoms. The Hall–Kier alpha value is -2.51. The van der Waals surface area contributed by atoms with E-state index in [4.69, 9.17) is 14.7 Å². The number of fused-ring (bicyclic) bond motifs is 1. The lowest BCUT2D eigenvalue weighted by Gasteiger charge is -2.13. The molecule has 0 aliphatic carbocycles. The minimum Gasteiger partial charge on any atom is -0.494 e. The van der Waals surface area contributed by atoms with E-state index in [1.165, 1.54) is 5.56 Å². The molecule has 0 radical (unpaired) electrons. The normalized spacial score (nSPS) is 15.5. The highest BCUT2D eigenvalue weighted by molar-refractivity contribution is 5.48. The Labute approximate surface area is 143 Å². The summed E-state index contributed by atoms with van der Waals surface area (Å²) in [6, 6.07) is 14.0. The molecular weight excluding hydrogens is 300 g/mol. The maximum Gasteiger partial charge on any atom is 0.124 e. The number of nitrogens with zero attached hydrogens (tertiary/aromatic N) is 1. The molecule has 1 unspecified atom stereocenters. The average Bonchev–Trinajstić information content (AvgIpc) is 2.94. The Kier molecular flexibility index (Phi) is 5.02. The number of benzene rings is 2. The number of ether oxygens (including phenoxy) is 2. The molecule has 0 amide bonds. The minimum atomic E-state index is 0.228. The van der Waals surface area contributed by atoms with Crippen LogP contribution in [0.3, 0.4) is 0 Å². The molecule has 0 saturated heterocycles. The van der Waals surface area contributed by atoms with Crippen molar-refractivity contribution >= 4 is 0 Å². The Balaban J connectivity index is 1.70. The summed E-state index contributed by atoms with van der Waals surface area (Å²) >= 11 is 0. The zero-order valence-corrected chi connectivity index (χ0v) is 14.1. The zero-order chi connectivity index (χ0) is 16.9. The van der Waals surface area contributed by atoms with E-state index in [1.54, 1.807) is 0 Å². The second-order valence-corrected chi connectivity index (χ2v) is 6.05. The van der Waals surface area contributed by atoms with Crippen LogP contribution < -0.4 is 14.8 Å². The topological polar surface area (TPSA) is 54.3 Å². The van der Waals surface area contributed by atoms with Gasteiger partial charge in [-0.05, 0) is 43.7 Å². The summed E-state index contributed by atoms with van der Waals surface area (Å²) in [7, 11) is 0. The first-order valence-corrected chi connectivity index (χ1v) is 8.34. The van der Waals surface area contributed by atoms with E-state index in [-0.39, 0.29) is 6.10 Å². The molecule has 1 atom stereocenters. The fourth-order valence-electron chi connectivity index (χ4n) is 3.00. The van der Waals surface area contributed by atoms with E-state index in [0.29, 0.717) is 25.3 Å². The molecule has 0 saturated carbocycles. The Morgan fingerprint density at radius 1 is 1.29 bits per heavy atom. The summed E-state index contributed by atoms with van der Waals surface area (Å²) in [5.74, 6) is 1.89. The van der Waals surface area contributed by atoms with Gasteiger partial charge in [-0.1, -0.05) is 12.1 Å². The van der Waals surface area contributed by atoms with Gasteiger partial charge in [-0.15, -0.1) is 0 Å². The van der Waals surface area contributed by atoms with E-state index < -0.39 is 0 Å². The molecule has 1 N–H and O–H groups in total. The highest BCUT2D eigenvalue weighted by Gasteiger charge is 2.21. The first-order chi connectivity index (χ1) is 11.7. The molecule has 0 aromatic heterocycles. The van der Waals surface area contributed by atoms with E-state index in [1.807, 2.05) is 31.2 Å². The lowest BCUT2D eigenvalue weighted by atomic mass is 10.1. The van der Waals surface area contributed by atoms with Crippen LogP contribution in [-0.4, -0.2) is 12.7 Å². The zero-order valence-electron chi connectivity index (χ0n) is 14.1. The summed E-state index contributed by atoms with van der Waals surface area (Å²) in [5, 5.41) is 12.4. The third-order valence-electron chi connectivity index (χ3n) is 4.08. The first-order valence-electron chi connectivity index (χ1n) is 8.34. The third-order valence-corrected chi connectivity index (χ3v) is 4.08. The minimum absolute atomic E-state index is 0.228. The molecule has 4 heteroatoms. The van der Waals surface area contributed by atoms with E-state index in [9.17, 15) is 0 Å². The summed E-state index contributed by atoms with van der Waals surface area (Å²) in [6.07, 6.45) is 1.16. The van der Waals surface area contributed by atoms with Crippen molar-refractivity contribution in [3.05, 3.63) is 58.7 Å². The maximum absolute atomic E-state index is 8.97. The van der Waals surface area contributed by atoms with Crippen molar-refractivity contribution < 1.29 is 9.47 Å². The maximum atomic E-state index is 8.97. The first kappa shape index (κ1) is 16.4. The standard InChI is InChI=1S/C20H22N2O2/c1-3-23-19-9-17-7-14(2)24-20(17)10-18(19)13-22-12-16-6-4-5-15(8-16)11-21/h4-6,8-10,14,22H,3,7,12-13H2,1-2H3. The van der Waals surface area contributed by atoms with Gasteiger partial charge in [-0.3, -0.25) is 0 Å². The predicted molar refractivity (Wildman–Crippen MR) is 93.1 cm³/mol. The fourth-order valence-corrected chi connectivity index (χ4v) is 3.00.